The van der Waals surface area contributed by atoms with Crippen LogP contribution in [0.1, 0.15) is 38.8 Å². The maximum absolute atomic E-state index is 13.3. The monoisotopic (exact) mass is 538 g/mol. The van der Waals surface area contributed by atoms with E-state index in [1.54, 1.807) is 57.9 Å². The van der Waals surface area contributed by atoms with Crippen molar-refractivity contribution in [3.8, 4) is 28.6 Å². The predicted molar refractivity (Wildman–Crippen MR) is 148 cm³/mol. The second kappa shape index (κ2) is 10.5. The molecule has 0 radical (unpaired) electrons. The van der Waals surface area contributed by atoms with Crippen molar-refractivity contribution in [2.24, 2.45) is 0 Å². The Kier molecular flexibility index (Phi) is 7.55. The third-order valence-corrected chi connectivity index (χ3v) is 8.95. The van der Waals surface area contributed by atoms with Crippen molar-refractivity contribution in [2.45, 2.75) is 50.3 Å². The third kappa shape index (κ3) is 5.00. The van der Waals surface area contributed by atoms with E-state index >= 15 is 0 Å². The van der Waals surface area contributed by atoms with Gasteiger partial charge in [0.2, 0.25) is 0 Å². The molecular weight excluding hydrogens is 504 g/mol. The van der Waals surface area contributed by atoms with Gasteiger partial charge in [-0.15, -0.1) is 0 Å². The van der Waals surface area contributed by atoms with Gasteiger partial charge in [-0.2, -0.15) is 0 Å². The minimum absolute atomic E-state index is 0.106. The number of ether oxygens (including phenoxy) is 3. The van der Waals surface area contributed by atoms with Crippen LogP contribution in [0.5, 0.6) is 17.2 Å². The molecule has 202 valence electrons. The van der Waals surface area contributed by atoms with E-state index in [-0.39, 0.29) is 10.6 Å². The van der Waals surface area contributed by atoms with Gasteiger partial charge in [-0.1, -0.05) is 13.0 Å². The molecule has 0 fully saturated rings. The average molecular weight is 539 g/mol. The number of hydrogen-bond donors (Lipinski definition) is 1. The number of hydrogen-bond acceptors (Lipinski definition) is 8. The third-order valence-electron chi connectivity index (χ3n) is 6.45. The van der Waals surface area contributed by atoms with Gasteiger partial charge in [0, 0.05) is 30.4 Å². The van der Waals surface area contributed by atoms with Crippen LogP contribution in [-0.2, 0) is 22.8 Å². The molecule has 0 atom stereocenters. The molecule has 0 amide bonds. The van der Waals surface area contributed by atoms with E-state index in [1.165, 1.54) is 7.11 Å². The quantitative estimate of drug-likeness (QED) is 0.311. The van der Waals surface area contributed by atoms with Gasteiger partial charge in [-0.05, 0) is 51.0 Å². The molecule has 0 aliphatic heterocycles. The predicted octanol–water partition coefficient (Wildman–Crippen LogP) is 5.17. The van der Waals surface area contributed by atoms with Gasteiger partial charge in [0.25, 0.3) is 0 Å². The zero-order valence-corrected chi connectivity index (χ0v) is 23.6. The summed E-state index contributed by atoms with van der Waals surface area (Å²) in [5, 5.41) is 3.44. The molecule has 0 aliphatic rings. The second-order valence-electron chi connectivity index (χ2n) is 9.78. The Balaban J connectivity index is 1.76. The molecule has 0 bridgehead atoms. The summed E-state index contributed by atoms with van der Waals surface area (Å²) in [5.74, 6) is 2.43. The van der Waals surface area contributed by atoms with Crippen LogP contribution in [0.3, 0.4) is 0 Å². The van der Waals surface area contributed by atoms with Crippen molar-refractivity contribution in [1.29, 1.82) is 0 Å². The van der Waals surface area contributed by atoms with Crippen LogP contribution in [0.15, 0.2) is 53.7 Å². The number of methoxy groups -OCH3 is 3. The topological polar surface area (TPSA) is 104 Å². The molecular formula is C28H34N4O5S. The molecule has 0 aliphatic carbocycles. The molecule has 3 aromatic heterocycles. The van der Waals surface area contributed by atoms with E-state index in [1.807, 2.05) is 30.3 Å². The molecule has 4 aromatic rings. The molecule has 0 saturated heterocycles. The minimum atomic E-state index is -3.68. The highest BCUT2D eigenvalue weighted by Crippen LogP contribution is 2.34. The molecule has 4 rings (SSSR count). The fraction of sp³-hybridized carbons (Fsp3) is 0.357. The molecule has 0 saturated carbocycles. The Bertz CT molecular complexity index is 1570. The van der Waals surface area contributed by atoms with Crippen LogP contribution < -0.4 is 19.5 Å². The standard InChI is InChI=1S/C28H34N4O5S/c1-8-18-10-12-21(31-27(18)30-15-19-9-11-20(35-5)13-23(19)36-6)22-16-29-26-14-24(37-7)25(17-32(22)26)38(33,34)28(2,3)4/h9-14,16-17H,8,15H2,1-7H3,(H,30,31). The van der Waals surface area contributed by atoms with Crippen LogP contribution in [0.25, 0.3) is 17.0 Å². The van der Waals surface area contributed by atoms with Crippen LogP contribution in [0.4, 0.5) is 5.82 Å². The van der Waals surface area contributed by atoms with Gasteiger partial charge in [0.1, 0.15) is 33.6 Å². The number of fused-ring (bicyclic) bond motifs is 1. The summed E-state index contributed by atoms with van der Waals surface area (Å²) < 4.78 is 43.7. The second-order valence-corrected chi connectivity index (χ2v) is 12.5. The highest BCUT2D eigenvalue weighted by Gasteiger charge is 2.34. The van der Waals surface area contributed by atoms with E-state index in [4.69, 9.17) is 19.2 Å². The van der Waals surface area contributed by atoms with E-state index in [2.05, 4.69) is 17.2 Å². The van der Waals surface area contributed by atoms with Crippen molar-refractivity contribution in [3.63, 3.8) is 0 Å². The summed E-state index contributed by atoms with van der Waals surface area (Å²) in [6.45, 7) is 7.57. The number of nitrogens with zero attached hydrogens (tertiary/aromatic N) is 3. The molecule has 0 unspecified atom stereocenters. The highest BCUT2D eigenvalue weighted by atomic mass is 32.2. The van der Waals surface area contributed by atoms with Gasteiger partial charge in [-0.3, -0.25) is 4.40 Å². The molecule has 1 aromatic carbocycles. The molecule has 1 N–H and O–H groups in total. The van der Waals surface area contributed by atoms with Crippen LogP contribution in [0, 0.1) is 0 Å². The van der Waals surface area contributed by atoms with Crippen molar-refractivity contribution < 1.29 is 22.6 Å². The Morgan fingerprint density at radius 3 is 2.29 bits per heavy atom. The lowest BCUT2D eigenvalue weighted by Gasteiger charge is -2.21. The smallest absolute Gasteiger partial charge is 0.188 e. The lowest BCUT2D eigenvalue weighted by Crippen LogP contribution is -2.28. The van der Waals surface area contributed by atoms with Crippen LogP contribution in [-0.4, -0.2) is 48.9 Å². The largest absolute Gasteiger partial charge is 0.497 e. The van der Waals surface area contributed by atoms with Gasteiger partial charge >= 0.3 is 0 Å². The minimum Gasteiger partial charge on any atom is -0.497 e. The fourth-order valence-corrected chi connectivity index (χ4v) is 5.42. The number of rotatable bonds is 9. The first-order valence-electron chi connectivity index (χ1n) is 12.3. The number of aromatic nitrogens is 3. The van der Waals surface area contributed by atoms with Crippen LogP contribution >= 0.6 is 0 Å². The molecule has 9 nitrogen and oxygen atoms in total. The van der Waals surface area contributed by atoms with E-state index in [0.29, 0.717) is 23.6 Å². The Morgan fingerprint density at radius 1 is 0.947 bits per heavy atom. The first-order chi connectivity index (χ1) is 18.0. The summed E-state index contributed by atoms with van der Waals surface area (Å²) in [6.07, 6.45) is 4.04. The van der Waals surface area contributed by atoms with Gasteiger partial charge in [0.05, 0.1) is 43.7 Å². The highest BCUT2D eigenvalue weighted by molar-refractivity contribution is 7.92. The lowest BCUT2D eigenvalue weighted by molar-refractivity contribution is 0.391. The van der Waals surface area contributed by atoms with Crippen molar-refractivity contribution in [1.82, 2.24) is 14.4 Å². The maximum atomic E-state index is 13.3. The number of nitrogens with one attached hydrogen (secondary N) is 1. The van der Waals surface area contributed by atoms with Crippen molar-refractivity contribution >= 4 is 21.3 Å². The number of imidazole rings is 1. The molecule has 3 heterocycles. The summed E-state index contributed by atoms with van der Waals surface area (Å²) in [6, 6.07) is 11.3. The Morgan fingerprint density at radius 2 is 1.66 bits per heavy atom. The van der Waals surface area contributed by atoms with E-state index < -0.39 is 14.6 Å². The van der Waals surface area contributed by atoms with E-state index in [9.17, 15) is 8.42 Å². The first kappa shape index (κ1) is 27.3. The summed E-state index contributed by atoms with van der Waals surface area (Å²) in [4.78, 5) is 9.50. The summed E-state index contributed by atoms with van der Waals surface area (Å²) in [7, 11) is 1.02. The van der Waals surface area contributed by atoms with Gasteiger partial charge in [0.15, 0.2) is 9.84 Å². The fourth-order valence-electron chi connectivity index (χ4n) is 4.11. The first-order valence-corrected chi connectivity index (χ1v) is 13.8. The lowest BCUT2D eigenvalue weighted by atomic mass is 10.1. The maximum Gasteiger partial charge on any atom is 0.188 e. The van der Waals surface area contributed by atoms with Gasteiger partial charge in [-0.25, -0.2) is 18.4 Å². The molecule has 10 heteroatoms. The van der Waals surface area contributed by atoms with Gasteiger partial charge < -0.3 is 19.5 Å². The molecule has 38 heavy (non-hydrogen) atoms. The van der Waals surface area contributed by atoms with E-state index in [0.717, 1.165) is 34.9 Å². The van der Waals surface area contributed by atoms with Crippen LogP contribution in [0.2, 0.25) is 0 Å². The van der Waals surface area contributed by atoms with Crippen molar-refractivity contribution in [2.75, 3.05) is 26.6 Å². The normalized spacial score (nSPS) is 12.0. The molecule has 0 spiro atoms. The zero-order valence-electron chi connectivity index (χ0n) is 22.8. The number of aryl methyl sites for hydroxylation is 1. The zero-order chi connectivity index (χ0) is 27.7. The Labute approximate surface area is 223 Å². The summed E-state index contributed by atoms with van der Waals surface area (Å²) in [5.41, 5.74) is 3.89. The Hall–Kier alpha value is -3.79. The number of anilines is 1. The number of benzene rings is 1. The number of sulfone groups is 1. The summed E-state index contributed by atoms with van der Waals surface area (Å²) >= 11 is 0. The SMILES string of the molecule is CCc1ccc(-c2cnc3cc(OC)c(S(=O)(=O)C(C)(C)C)cn23)nc1NCc1ccc(OC)cc1OC. The average Bonchev–Trinajstić information content (AvgIpc) is 3.33. The number of pyridine rings is 2. The van der Waals surface area contributed by atoms with Crippen molar-refractivity contribution in [3.05, 3.63) is 59.9 Å².